The predicted molar refractivity (Wildman–Crippen MR) is 80.0 cm³/mol. The first-order chi connectivity index (χ1) is 9.50. The molecule has 2 aromatic rings. The summed E-state index contributed by atoms with van der Waals surface area (Å²) in [6.45, 7) is 5.73. The number of hydrogen-bond acceptors (Lipinski definition) is 5. The number of nitrogens with zero attached hydrogens (tertiary/aromatic N) is 2. The topological polar surface area (TPSA) is 68.5 Å². The monoisotopic (exact) mass is 291 g/mol. The number of nitrogens with two attached hydrogens (primary N) is 1. The molecule has 6 heteroatoms. The van der Waals surface area contributed by atoms with Gasteiger partial charge in [0.1, 0.15) is 4.88 Å². The number of aromatic nitrogens is 1. The van der Waals surface area contributed by atoms with Gasteiger partial charge >= 0.3 is 0 Å². The fourth-order valence-corrected chi connectivity index (χ4v) is 3.53. The number of carbonyl (C=O) groups excluding carboxylic acids is 1. The van der Waals surface area contributed by atoms with E-state index in [1.165, 1.54) is 11.3 Å². The molecule has 1 fully saturated rings. The smallest absolute Gasteiger partial charge is 0.266 e. The SMILES string of the molecule is CC1(C)COCCN1C(=O)c1sc2cnccc2c1N. The van der Waals surface area contributed by atoms with Gasteiger partial charge in [-0.2, -0.15) is 0 Å². The van der Waals surface area contributed by atoms with Gasteiger partial charge in [0.15, 0.2) is 0 Å². The summed E-state index contributed by atoms with van der Waals surface area (Å²) in [5.74, 6) is -0.0167. The molecule has 0 atom stereocenters. The zero-order chi connectivity index (χ0) is 14.3. The van der Waals surface area contributed by atoms with Crippen LogP contribution in [0.25, 0.3) is 10.1 Å². The normalized spacial score (nSPS) is 18.4. The van der Waals surface area contributed by atoms with Gasteiger partial charge in [0.05, 0.1) is 29.1 Å². The molecule has 0 spiro atoms. The maximum Gasteiger partial charge on any atom is 0.266 e. The molecule has 1 saturated heterocycles. The number of rotatable bonds is 1. The molecular formula is C14H17N3O2S. The fourth-order valence-electron chi connectivity index (χ4n) is 2.49. The molecule has 0 unspecified atom stereocenters. The molecule has 0 saturated carbocycles. The highest BCUT2D eigenvalue weighted by Crippen LogP contribution is 2.35. The van der Waals surface area contributed by atoms with Crippen LogP contribution < -0.4 is 5.73 Å². The third kappa shape index (κ3) is 2.05. The summed E-state index contributed by atoms with van der Waals surface area (Å²) in [5, 5.41) is 0.902. The minimum Gasteiger partial charge on any atom is -0.397 e. The maximum atomic E-state index is 12.8. The molecule has 1 amide bonds. The van der Waals surface area contributed by atoms with Gasteiger partial charge in [-0.05, 0) is 19.9 Å². The van der Waals surface area contributed by atoms with Crippen LogP contribution in [0.15, 0.2) is 18.5 Å². The van der Waals surface area contributed by atoms with Gasteiger partial charge in [-0.3, -0.25) is 9.78 Å². The molecular weight excluding hydrogens is 274 g/mol. The van der Waals surface area contributed by atoms with E-state index < -0.39 is 0 Å². The number of amides is 1. The first-order valence-electron chi connectivity index (χ1n) is 6.52. The number of nitrogen functional groups attached to an aromatic ring is 1. The first-order valence-corrected chi connectivity index (χ1v) is 7.34. The van der Waals surface area contributed by atoms with Crippen molar-refractivity contribution < 1.29 is 9.53 Å². The number of morpholine rings is 1. The Morgan fingerprint density at radius 3 is 3.05 bits per heavy atom. The van der Waals surface area contributed by atoms with Crippen LogP contribution in [0, 0.1) is 0 Å². The molecule has 1 aliphatic heterocycles. The van der Waals surface area contributed by atoms with Gasteiger partial charge in [-0.25, -0.2) is 0 Å². The molecule has 3 rings (SSSR count). The second kappa shape index (κ2) is 4.71. The van der Waals surface area contributed by atoms with E-state index in [1.54, 1.807) is 12.4 Å². The van der Waals surface area contributed by atoms with Crippen LogP contribution in [-0.2, 0) is 4.74 Å². The lowest BCUT2D eigenvalue weighted by Crippen LogP contribution is -2.55. The summed E-state index contributed by atoms with van der Waals surface area (Å²) >= 11 is 1.41. The number of hydrogen-bond donors (Lipinski definition) is 1. The van der Waals surface area contributed by atoms with Crippen molar-refractivity contribution in [2.24, 2.45) is 0 Å². The quantitative estimate of drug-likeness (QED) is 0.874. The molecule has 2 N–H and O–H groups in total. The number of thiophene rings is 1. The highest BCUT2D eigenvalue weighted by molar-refractivity contribution is 7.21. The Kier molecular flexibility index (Phi) is 3.14. The summed E-state index contributed by atoms with van der Waals surface area (Å²) in [6, 6.07) is 1.85. The summed E-state index contributed by atoms with van der Waals surface area (Å²) in [6.07, 6.45) is 3.44. The molecule has 0 aliphatic carbocycles. The predicted octanol–water partition coefficient (Wildman–Crippen LogP) is 2.13. The van der Waals surface area contributed by atoms with Crippen molar-refractivity contribution in [1.29, 1.82) is 0 Å². The van der Waals surface area contributed by atoms with E-state index in [1.807, 2.05) is 24.8 Å². The van der Waals surface area contributed by atoms with Gasteiger partial charge in [-0.1, -0.05) is 0 Å². The minimum absolute atomic E-state index is 0.0167. The lowest BCUT2D eigenvalue weighted by atomic mass is 10.0. The fraction of sp³-hybridized carbons (Fsp3) is 0.429. The largest absolute Gasteiger partial charge is 0.397 e. The Morgan fingerprint density at radius 1 is 1.55 bits per heavy atom. The molecule has 3 heterocycles. The average Bonchev–Trinajstić information content (AvgIpc) is 2.76. The second-order valence-electron chi connectivity index (χ2n) is 5.54. The summed E-state index contributed by atoms with van der Waals surface area (Å²) in [7, 11) is 0. The van der Waals surface area contributed by atoms with Crippen molar-refractivity contribution in [1.82, 2.24) is 9.88 Å². The summed E-state index contributed by atoms with van der Waals surface area (Å²) in [5.41, 5.74) is 6.38. The van der Waals surface area contributed by atoms with Gasteiger partial charge in [0.2, 0.25) is 0 Å². The van der Waals surface area contributed by atoms with Crippen molar-refractivity contribution in [2.45, 2.75) is 19.4 Å². The Labute approximate surface area is 121 Å². The molecule has 0 aromatic carbocycles. The molecule has 20 heavy (non-hydrogen) atoms. The average molecular weight is 291 g/mol. The van der Waals surface area contributed by atoms with Crippen LogP contribution in [0.1, 0.15) is 23.5 Å². The van der Waals surface area contributed by atoms with Gasteiger partial charge in [0, 0.05) is 24.3 Å². The number of anilines is 1. The third-order valence-corrected chi connectivity index (χ3v) is 4.76. The molecule has 2 aromatic heterocycles. The lowest BCUT2D eigenvalue weighted by Gasteiger charge is -2.41. The Balaban J connectivity index is 2.02. The summed E-state index contributed by atoms with van der Waals surface area (Å²) in [4.78, 5) is 19.3. The zero-order valence-electron chi connectivity index (χ0n) is 11.5. The molecule has 106 valence electrons. The Hall–Kier alpha value is -1.66. The van der Waals surface area contributed by atoms with Crippen LogP contribution >= 0.6 is 11.3 Å². The Morgan fingerprint density at radius 2 is 2.35 bits per heavy atom. The zero-order valence-corrected chi connectivity index (χ0v) is 12.4. The lowest BCUT2D eigenvalue weighted by molar-refractivity contribution is -0.0368. The van der Waals surface area contributed by atoms with Crippen LogP contribution in [-0.4, -0.2) is 41.1 Å². The highest BCUT2D eigenvalue weighted by atomic mass is 32.1. The van der Waals surface area contributed by atoms with E-state index >= 15 is 0 Å². The van der Waals surface area contributed by atoms with Crippen LogP contribution in [0.3, 0.4) is 0 Å². The van der Waals surface area contributed by atoms with Gasteiger partial charge in [-0.15, -0.1) is 11.3 Å². The second-order valence-corrected chi connectivity index (χ2v) is 6.59. The van der Waals surface area contributed by atoms with Crippen molar-refractivity contribution in [3.05, 3.63) is 23.3 Å². The van der Waals surface area contributed by atoms with Crippen molar-refractivity contribution >= 4 is 33.0 Å². The molecule has 0 bridgehead atoms. The third-order valence-electron chi connectivity index (χ3n) is 3.62. The number of carbonyl (C=O) groups is 1. The van der Waals surface area contributed by atoms with E-state index in [0.29, 0.717) is 30.3 Å². The van der Waals surface area contributed by atoms with E-state index in [2.05, 4.69) is 4.98 Å². The van der Waals surface area contributed by atoms with Crippen molar-refractivity contribution in [2.75, 3.05) is 25.5 Å². The number of fused-ring (bicyclic) bond motifs is 1. The van der Waals surface area contributed by atoms with Crippen LogP contribution in [0.2, 0.25) is 0 Å². The van der Waals surface area contributed by atoms with E-state index in [9.17, 15) is 4.79 Å². The molecule has 0 radical (unpaired) electrons. The van der Waals surface area contributed by atoms with Crippen LogP contribution in [0.5, 0.6) is 0 Å². The molecule has 5 nitrogen and oxygen atoms in total. The van der Waals surface area contributed by atoms with Crippen molar-refractivity contribution in [3.8, 4) is 0 Å². The highest BCUT2D eigenvalue weighted by Gasteiger charge is 2.36. The van der Waals surface area contributed by atoms with E-state index in [4.69, 9.17) is 10.5 Å². The number of ether oxygens (including phenoxy) is 1. The van der Waals surface area contributed by atoms with E-state index in [0.717, 1.165) is 10.1 Å². The summed E-state index contributed by atoms with van der Waals surface area (Å²) < 4.78 is 6.40. The first kappa shape index (κ1) is 13.3. The maximum absolute atomic E-state index is 12.8. The number of pyridine rings is 1. The Bertz CT molecular complexity index is 665. The van der Waals surface area contributed by atoms with Crippen molar-refractivity contribution in [3.63, 3.8) is 0 Å². The van der Waals surface area contributed by atoms with Gasteiger partial charge in [0.25, 0.3) is 5.91 Å². The molecule has 1 aliphatic rings. The van der Waals surface area contributed by atoms with Crippen LogP contribution in [0.4, 0.5) is 5.69 Å². The standard InChI is InChI=1S/C14H17N3O2S/c1-14(2)8-19-6-5-17(14)13(18)12-11(15)9-3-4-16-7-10(9)20-12/h3-4,7H,5-6,8,15H2,1-2H3. The minimum atomic E-state index is -0.309. The van der Waals surface area contributed by atoms with Gasteiger partial charge < -0.3 is 15.4 Å². The van der Waals surface area contributed by atoms with E-state index in [-0.39, 0.29) is 11.4 Å².